The number of carbonyl (C=O) groups is 1. The molecule has 1 unspecified atom stereocenters. The Morgan fingerprint density at radius 2 is 1.95 bits per heavy atom. The highest BCUT2D eigenvalue weighted by molar-refractivity contribution is 9.10. The van der Waals surface area contributed by atoms with Crippen LogP contribution >= 0.6 is 15.9 Å². The number of carboxylic acid groups (broad SMARTS) is 1. The first-order chi connectivity index (χ1) is 9.60. The zero-order valence-corrected chi connectivity index (χ0v) is 12.4. The molecule has 0 fully saturated rings. The standard InChI is InChI=1S/C15H14BrNO3/c1-20-13-4-2-3-10(9-13)14(15(18)19)17-12-7-5-11(16)6-8-12/h2-9,14,17H,1H3,(H,18,19). The molecule has 0 aliphatic heterocycles. The summed E-state index contributed by atoms with van der Waals surface area (Å²) in [5.41, 5.74) is 1.38. The van der Waals surface area contributed by atoms with Crippen molar-refractivity contribution in [3.63, 3.8) is 0 Å². The Kier molecular flexibility index (Phi) is 4.63. The van der Waals surface area contributed by atoms with E-state index in [-0.39, 0.29) is 0 Å². The first kappa shape index (κ1) is 14.4. The lowest BCUT2D eigenvalue weighted by molar-refractivity contribution is -0.138. The molecule has 0 saturated carbocycles. The first-order valence-electron chi connectivity index (χ1n) is 5.99. The number of nitrogens with one attached hydrogen (secondary N) is 1. The van der Waals surface area contributed by atoms with Crippen LogP contribution in [0, 0.1) is 0 Å². The second kappa shape index (κ2) is 6.43. The van der Waals surface area contributed by atoms with Crippen LogP contribution < -0.4 is 10.1 Å². The smallest absolute Gasteiger partial charge is 0.330 e. The molecule has 0 saturated heterocycles. The highest BCUT2D eigenvalue weighted by Gasteiger charge is 2.20. The molecule has 4 nitrogen and oxygen atoms in total. The van der Waals surface area contributed by atoms with Gasteiger partial charge in [-0.2, -0.15) is 0 Å². The van der Waals surface area contributed by atoms with Crippen LogP contribution in [0.1, 0.15) is 11.6 Å². The molecule has 5 heteroatoms. The summed E-state index contributed by atoms with van der Waals surface area (Å²) < 4.78 is 6.06. The van der Waals surface area contributed by atoms with Crippen molar-refractivity contribution in [2.75, 3.05) is 12.4 Å². The van der Waals surface area contributed by atoms with Crippen LogP contribution in [0.15, 0.2) is 53.0 Å². The quantitative estimate of drug-likeness (QED) is 0.874. The third-order valence-electron chi connectivity index (χ3n) is 2.83. The van der Waals surface area contributed by atoms with Gasteiger partial charge in [0.1, 0.15) is 5.75 Å². The summed E-state index contributed by atoms with van der Waals surface area (Å²) in [6.07, 6.45) is 0. The molecule has 0 spiro atoms. The largest absolute Gasteiger partial charge is 0.497 e. The van der Waals surface area contributed by atoms with Gasteiger partial charge in [0.2, 0.25) is 0 Å². The molecule has 0 aromatic heterocycles. The number of hydrogen-bond acceptors (Lipinski definition) is 3. The van der Waals surface area contributed by atoms with Gasteiger partial charge in [-0.25, -0.2) is 4.79 Å². The SMILES string of the molecule is COc1cccc(C(Nc2ccc(Br)cc2)C(=O)O)c1. The third-order valence-corrected chi connectivity index (χ3v) is 3.36. The Bertz CT molecular complexity index is 598. The van der Waals surface area contributed by atoms with Crippen molar-refractivity contribution >= 4 is 27.6 Å². The topological polar surface area (TPSA) is 58.6 Å². The van der Waals surface area contributed by atoms with Crippen LogP contribution in [-0.2, 0) is 4.79 Å². The molecule has 2 N–H and O–H groups in total. The minimum Gasteiger partial charge on any atom is -0.497 e. The van der Waals surface area contributed by atoms with E-state index in [1.807, 2.05) is 24.3 Å². The van der Waals surface area contributed by atoms with Crippen LogP contribution in [0.5, 0.6) is 5.75 Å². The number of halogens is 1. The average molecular weight is 336 g/mol. The molecule has 2 aromatic rings. The van der Waals surface area contributed by atoms with Gasteiger partial charge < -0.3 is 15.2 Å². The molecule has 1 atom stereocenters. The van der Waals surface area contributed by atoms with Crippen molar-refractivity contribution in [1.82, 2.24) is 0 Å². The maximum atomic E-state index is 11.5. The summed E-state index contributed by atoms with van der Waals surface area (Å²) in [4.78, 5) is 11.5. The van der Waals surface area contributed by atoms with Gasteiger partial charge in [-0.05, 0) is 42.0 Å². The molecule has 0 aliphatic rings. The van der Waals surface area contributed by atoms with Crippen LogP contribution in [0.2, 0.25) is 0 Å². The van der Waals surface area contributed by atoms with Gasteiger partial charge in [0.05, 0.1) is 7.11 Å². The van der Waals surface area contributed by atoms with Crippen molar-refractivity contribution in [2.45, 2.75) is 6.04 Å². The van der Waals surface area contributed by atoms with Gasteiger partial charge in [-0.3, -0.25) is 0 Å². The fourth-order valence-electron chi connectivity index (χ4n) is 1.82. The summed E-state index contributed by atoms with van der Waals surface area (Å²) in [5.74, 6) is -0.312. The minimum atomic E-state index is -0.943. The number of methoxy groups -OCH3 is 1. The number of ether oxygens (including phenoxy) is 1. The molecule has 0 amide bonds. The van der Waals surface area contributed by atoms with Gasteiger partial charge in [0.15, 0.2) is 6.04 Å². The number of carboxylic acids is 1. The number of anilines is 1. The van der Waals surface area contributed by atoms with E-state index in [0.29, 0.717) is 11.3 Å². The molecule has 0 radical (unpaired) electrons. The molecule has 0 aliphatic carbocycles. The summed E-state index contributed by atoms with van der Waals surface area (Å²) in [5, 5.41) is 12.4. The van der Waals surface area contributed by atoms with Crippen molar-refractivity contribution in [1.29, 1.82) is 0 Å². The fraction of sp³-hybridized carbons (Fsp3) is 0.133. The average Bonchev–Trinajstić information content (AvgIpc) is 2.46. The van der Waals surface area contributed by atoms with Crippen molar-refractivity contribution in [3.05, 3.63) is 58.6 Å². The predicted octanol–water partition coefficient (Wildman–Crippen LogP) is 3.70. The second-order valence-corrected chi connectivity index (χ2v) is 5.11. The normalized spacial score (nSPS) is 11.7. The van der Waals surface area contributed by atoms with Crippen LogP contribution in [-0.4, -0.2) is 18.2 Å². The van der Waals surface area contributed by atoms with E-state index in [1.54, 1.807) is 31.4 Å². The zero-order valence-electron chi connectivity index (χ0n) is 10.8. The fourth-order valence-corrected chi connectivity index (χ4v) is 2.09. The van der Waals surface area contributed by atoms with E-state index in [4.69, 9.17) is 4.74 Å². The monoisotopic (exact) mass is 335 g/mol. The van der Waals surface area contributed by atoms with E-state index >= 15 is 0 Å². The Labute approximate surface area is 125 Å². The highest BCUT2D eigenvalue weighted by atomic mass is 79.9. The number of aliphatic carboxylic acids is 1. The van der Waals surface area contributed by atoms with Crippen molar-refractivity contribution < 1.29 is 14.6 Å². The van der Waals surface area contributed by atoms with E-state index in [0.717, 1.165) is 10.2 Å². The van der Waals surface area contributed by atoms with E-state index in [2.05, 4.69) is 21.2 Å². The Morgan fingerprint density at radius 1 is 1.25 bits per heavy atom. The molecule has 0 bridgehead atoms. The lowest BCUT2D eigenvalue weighted by Crippen LogP contribution is -2.20. The minimum absolute atomic E-state index is 0.631. The van der Waals surface area contributed by atoms with Gasteiger partial charge >= 0.3 is 5.97 Å². The molecule has 104 valence electrons. The van der Waals surface area contributed by atoms with E-state index in [1.165, 1.54) is 0 Å². The lowest BCUT2D eigenvalue weighted by atomic mass is 10.1. The first-order valence-corrected chi connectivity index (χ1v) is 6.78. The predicted molar refractivity (Wildman–Crippen MR) is 81.1 cm³/mol. The molecule has 20 heavy (non-hydrogen) atoms. The van der Waals surface area contributed by atoms with Gasteiger partial charge in [0, 0.05) is 10.2 Å². The van der Waals surface area contributed by atoms with E-state index < -0.39 is 12.0 Å². The molecular weight excluding hydrogens is 322 g/mol. The van der Waals surface area contributed by atoms with Crippen LogP contribution in [0.4, 0.5) is 5.69 Å². The maximum Gasteiger partial charge on any atom is 0.330 e. The molecular formula is C15H14BrNO3. The molecule has 0 heterocycles. The maximum absolute atomic E-state index is 11.5. The van der Waals surface area contributed by atoms with Crippen molar-refractivity contribution in [3.8, 4) is 5.75 Å². The molecule has 2 rings (SSSR count). The third kappa shape index (κ3) is 3.51. The summed E-state index contributed by atoms with van der Waals surface area (Å²) in [6, 6.07) is 13.5. The van der Waals surface area contributed by atoms with E-state index in [9.17, 15) is 9.90 Å². The Morgan fingerprint density at radius 3 is 2.55 bits per heavy atom. The van der Waals surface area contributed by atoms with Gasteiger partial charge in [-0.1, -0.05) is 28.1 Å². The summed E-state index contributed by atoms with van der Waals surface area (Å²) in [6.45, 7) is 0. The van der Waals surface area contributed by atoms with Crippen molar-refractivity contribution in [2.24, 2.45) is 0 Å². The van der Waals surface area contributed by atoms with Gasteiger partial charge in [-0.15, -0.1) is 0 Å². The Hall–Kier alpha value is -2.01. The number of rotatable bonds is 5. The second-order valence-electron chi connectivity index (χ2n) is 4.20. The zero-order chi connectivity index (χ0) is 14.5. The summed E-state index contributed by atoms with van der Waals surface area (Å²) >= 11 is 3.34. The molecule has 2 aromatic carbocycles. The highest BCUT2D eigenvalue weighted by Crippen LogP contribution is 2.24. The van der Waals surface area contributed by atoms with Gasteiger partial charge in [0.25, 0.3) is 0 Å². The number of hydrogen-bond donors (Lipinski definition) is 2. The van der Waals surface area contributed by atoms with Crippen LogP contribution in [0.25, 0.3) is 0 Å². The lowest BCUT2D eigenvalue weighted by Gasteiger charge is -2.17. The number of benzene rings is 2. The van der Waals surface area contributed by atoms with Crippen LogP contribution in [0.3, 0.4) is 0 Å². The Balaban J connectivity index is 2.26. The summed E-state index contributed by atoms with van der Waals surface area (Å²) in [7, 11) is 1.55.